The van der Waals surface area contributed by atoms with Crippen molar-refractivity contribution in [2.24, 2.45) is 11.7 Å². The summed E-state index contributed by atoms with van der Waals surface area (Å²) in [6.45, 7) is 2.68. The topological polar surface area (TPSA) is 102 Å². The van der Waals surface area contributed by atoms with E-state index in [1.165, 1.54) is 0 Å². The number of carboxylic acid groups (broad SMARTS) is 1. The van der Waals surface area contributed by atoms with Crippen molar-refractivity contribution in [3.8, 4) is 11.1 Å². The smallest absolute Gasteiger partial charge is 0.321 e. The van der Waals surface area contributed by atoms with Gasteiger partial charge in [-0.1, -0.05) is 139 Å². The molecular formula is C41H40N2O4. The van der Waals surface area contributed by atoms with Gasteiger partial charge in [-0.15, -0.1) is 0 Å². The predicted molar refractivity (Wildman–Crippen MR) is 185 cm³/mol. The van der Waals surface area contributed by atoms with E-state index >= 15 is 0 Å². The number of ether oxygens (including phenoxy) is 1. The molecular weight excluding hydrogens is 584 g/mol. The van der Waals surface area contributed by atoms with Gasteiger partial charge in [-0.25, -0.2) is 0 Å². The molecule has 1 unspecified atom stereocenters. The number of hydrogen-bond acceptors (Lipinski definition) is 5. The molecule has 6 heteroatoms. The van der Waals surface area contributed by atoms with Crippen LogP contribution < -0.4 is 11.1 Å². The number of nitrogens with one attached hydrogen (secondary N) is 1. The highest BCUT2D eigenvalue weighted by Gasteiger charge is 2.37. The summed E-state index contributed by atoms with van der Waals surface area (Å²) in [6.07, 6.45) is 0.758. The molecule has 0 saturated carbocycles. The molecule has 5 aromatic rings. The molecule has 0 heterocycles. The Morgan fingerprint density at radius 1 is 0.745 bits per heavy atom. The zero-order valence-corrected chi connectivity index (χ0v) is 26.5. The lowest BCUT2D eigenvalue weighted by molar-refractivity contribution is -0.155. The second kappa shape index (κ2) is 14.2. The van der Waals surface area contributed by atoms with Crippen molar-refractivity contribution in [1.82, 2.24) is 5.32 Å². The number of carbonyl (C=O) groups is 2. The summed E-state index contributed by atoms with van der Waals surface area (Å²) in [5.41, 5.74) is 14.3. The minimum Gasteiger partial charge on any atom is -0.480 e. The molecule has 2 atom stereocenters. The lowest BCUT2D eigenvalue weighted by Crippen LogP contribution is -2.46. The van der Waals surface area contributed by atoms with Crippen molar-refractivity contribution in [3.05, 3.63) is 167 Å². The van der Waals surface area contributed by atoms with Crippen molar-refractivity contribution in [3.63, 3.8) is 0 Å². The number of fused-ring (bicyclic) bond motifs is 3. The Morgan fingerprint density at radius 2 is 1.23 bits per heavy atom. The standard InChI is InChI=1S/C41H40N2O4/c1-28-22-24-31(25-23-28)41(29-13-4-2-5-14-29,30-15-6-3-7-16-30)43-26-12-21-36(38(42)39(44)45)40(46)47-27-37-34-19-10-8-17-32(34)33-18-9-11-20-35(33)37/h2-11,13-20,22-25,36-38,43H,12,21,26-27,42H2,1H3,(H,44,45)/t36?,38-/m0/s1. The third-order valence-corrected chi connectivity index (χ3v) is 9.36. The van der Waals surface area contributed by atoms with Gasteiger partial charge >= 0.3 is 11.9 Å². The molecule has 1 aliphatic carbocycles. The van der Waals surface area contributed by atoms with Crippen LogP contribution in [0.15, 0.2) is 133 Å². The molecule has 1 aliphatic rings. The first kappa shape index (κ1) is 31.9. The average Bonchev–Trinajstić information content (AvgIpc) is 3.43. The summed E-state index contributed by atoms with van der Waals surface area (Å²) >= 11 is 0. The third kappa shape index (κ3) is 6.48. The van der Waals surface area contributed by atoms with Crippen LogP contribution in [0.4, 0.5) is 0 Å². The van der Waals surface area contributed by atoms with Crippen molar-refractivity contribution >= 4 is 11.9 Å². The SMILES string of the molecule is Cc1ccc(C(NCCCC(C(=O)OCC2c3ccccc3-c3ccccc32)[C@H](N)C(=O)O)(c2ccccc2)c2ccccc2)cc1. The Balaban J connectivity index is 1.21. The Bertz CT molecular complexity index is 1740. The monoisotopic (exact) mass is 624 g/mol. The molecule has 0 aromatic heterocycles. The number of aliphatic carboxylic acids is 1. The molecule has 6 rings (SSSR count). The van der Waals surface area contributed by atoms with E-state index in [0.717, 1.165) is 44.5 Å². The highest BCUT2D eigenvalue weighted by molar-refractivity contribution is 5.84. The van der Waals surface area contributed by atoms with Gasteiger partial charge in [0.2, 0.25) is 0 Å². The first-order valence-corrected chi connectivity index (χ1v) is 16.2. The predicted octanol–water partition coefficient (Wildman–Crippen LogP) is 7.04. The van der Waals surface area contributed by atoms with Crippen LogP contribution in [0.5, 0.6) is 0 Å². The van der Waals surface area contributed by atoms with Crippen molar-refractivity contribution < 1.29 is 19.4 Å². The van der Waals surface area contributed by atoms with Crippen LogP contribution in [-0.4, -0.2) is 36.2 Å². The summed E-state index contributed by atoms with van der Waals surface area (Å²) in [6, 6.07) is 43.9. The summed E-state index contributed by atoms with van der Waals surface area (Å²) in [5.74, 6) is -2.93. The van der Waals surface area contributed by atoms with Gasteiger partial charge in [-0.2, -0.15) is 0 Å². The maximum Gasteiger partial charge on any atom is 0.321 e. The molecule has 238 valence electrons. The number of nitrogens with two attached hydrogens (primary N) is 1. The highest BCUT2D eigenvalue weighted by Crippen LogP contribution is 2.44. The number of benzene rings is 5. The molecule has 0 amide bonds. The van der Waals surface area contributed by atoms with Crippen LogP contribution in [0, 0.1) is 12.8 Å². The van der Waals surface area contributed by atoms with Gasteiger partial charge < -0.3 is 15.6 Å². The van der Waals surface area contributed by atoms with Crippen LogP contribution in [0.2, 0.25) is 0 Å². The molecule has 0 bridgehead atoms. The molecule has 0 saturated heterocycles. The number of hydrogen-bond donors (Lipinski definition) is 3. The van der Waals surface area contributed by atoms with E-state index in [4.69, 9.17) is 10.5 Å². The molecule has 0 fully saturated rings. The fourth-order valence-corrected chi connectivity index (χ4v) is 6.91. The van der Waals surface area contributed by atoms with Crippen LogP contribution in [-0.2, 0) is 19.9 Å². The first-order chi connectivity index (χ1) is 22.9. The van der Waals surface area contributed by atoms with Gasteiger partial charge in [-0.05, 0) is 65.3 Å². The van der Waals surface area contributed by atoms with E-state index in [0.29, 0.717) is 13.0 Å². The zero-order chi connectivity index (χ0) is 32.8. The molecule has 6 nitrogen and oxygen atoms in total. The Kier molecular flexibility index (Phi) is 9.62. The number of carbonyl (C=O) groups excluding carboxylic acids is 1. The van der Waals surface area contributed by atoms with Crippen molar-refractivity contribution in [2.75, 3.05) is 13.2 Å². The molecule has 5 aromatic carbocycles. The molecule has 0 aliphatic heterocycles. The Hall–Kier alpha value is -5.04. The number of carboxylic acids is 1. The quantitative estimate of drug-likeness (QED) is 0.0738. The molecule has 47 heavy (non-hydrogen) atoms. The minimum atomic E-state index is -1.38. The zero-order valence-electron chi connectivity index (χ0n) is 26.5. The third-order valence-electron chi connectivity index (χ3n) is 9.36. The number of esters is 1. The Morgan fingerprint density at radius 3 is 1.77 bits per heavy atom. The van der Waals surface area contributed by atoms with Gasteiger partial charge in [0.25, 0.3) is 0 Å². The van der Waals surface area contributed by atoms with E-state index in [-0.39, 0.29) is 18.9 Å². The van der Waals surface area contributed by atoms with E-state index in [1.54, 1.807) is 0 Å². The summed E-state index contributed by atoms with van der Waals surface area (Å²) in [5, 5.41) is 13.7. The van der Waals surface area contributed by atoms with Crippen LogP contribution in [0.1, 0.15) is 52.1 Å². The normalized spacial score (nSPS) is 13.7. The van der Waals surface area contributed by atoms with Crippen LogP contribution in [0.25, 0.3) is 11.1 Å². The first-order valence-electron chi connectivity index (χ1n) is 16.2. The second-order valence-electron chi connectivity index (χ2n) is 12.2. The van der Waals surface area contributed by atoms with Crippen molar-refractivity contribution in [2.45, 2.75) is 37.3 Å². The molecule has 4 N–H and O–H groups in total. The Labute approximate surface area is 276 Å². The van der Waals surface area contributed by atoms with Gasteiger partial charge in [0.05, 0.1) is 11.5 Å². The maximum atomic E-state index is 13.6. The fraction of sp³-hybridized carbons (Fsp3) is 0.220. The maximum absolute atomic E-state index is 13.6. The minimum absolute atomic E-state index is 0.118. The van der Waals surface area contributed by atoms with E-state index in [2.05, 4.69) is 85.0 Å². The largest absolute Gasteiger partial charge is 0.480 e. The van der Waals surface area contributed by atoms with Gasteiger partial charge in [0.1, 0.15) is 12.6 Å². The van der Waals surface area contributed by atoms with Gasteiger partial charge in [0, 0.05) is 5.92 Å². The highest BCUT2D eigenvalue weighted by atomic mass is 16.5. The molecule has 0 spiro atoms. The van der Waals surface area contributed by atoms with E-state index < -0.39 is 29.4 Å². The van der Waals surface area contributed by atoms with Crippen LogP contribution in [0.3, 0.4) is 0 Å². The number of aryl methyl sites for hydroxylation is 1. The molecule has 0 radical (unpaired) electrons. The fourth-order valence-electron chi connectivity index (χ4n) is 6.91. The lowest BCUT2D eigenvalue weighted by Gasteiger charge is -2.37. The van der Waals surface area contributed by atoms with Gasteiger partial charge in [0.15, 0.2) is 0 Å². The number of rotatable bonds is 13. The van der Waals surface area contributed by atoms with Gasteiger partial charge in [-0.3, -0.25) is 14.9 Å². The average molecular weight is 625 g/mol. The van der Waals surface area contributed by atoms with E-state index in [1.807, 2.05) is 60.7 Å². The van der Waals surface area contributed by atoms with Crippen LogP contribution >= 0.6 is 0 Å². The van der Waals surface area contributed by atoms with Crippen molar-refractivity contribution in [1.29, 1.82) is 0 Å². The van der Waals surface area contributed by atoms with E-state index in [9.17, 15) is 14.7 Å². The summed E-state index contributed by atoms with van der Waals surface area (Å²) in [7, 11) is 0. The second-order valence-corrected chi connectivity index (χ2v) is 12.2. The lowest BCUT2D eigenvalue weighted by atomic mass is 9.76. The summed E-state index contributed by atoms with van der Waals surface area (Å²) < 4.78 is 5.89. The summed E-state index contributed by atoms with van der Waals surface area (Å²) in [4.78, 5) is 25.6.